The molecule has 3 rings (SSSR count). The molecule has 120 valence electrons. The molecule has 0 unspecified atom stereocenters. The summed E-state index contributed by atoms with van der Waals surface area (Å²) in [7, 11) is 0. The summed E-state index contributed by atoms with van der Waals surface area (Å²) in [5, 5.41) is 23.1. The van der Waals surface area contributed by atoms with Crippen molar-refractivity contribution in [2.75, 3.05) is 18.4 Å². The highest BCUT2D eigenvalue weighted by atomic mass is 32.1. The van der Waals surface area contributed by atoms with Gasteiger partial charge in [0, 0.05) is 30.6 Å². The van der Waals surface area contributed by atoms with Crippen LogP contribution in [0.25, 0.3) is 0 Å². The summed E-state index contributed by atoms with van der Waals surface area (Å²) in [6, 6.07) is 4.84. The van der Waals surface area contributed by atoms with Crippen LogP contribution in [0.3, 0.4) is 0 Å². The zero-order chi connectivity index (χ0) is 16.4. The number of rotatable bonds is 4. The molecule has 0 fully saturated rings. The van der Waals surface area contributed by atoms with Gasteiger partial charge in [0.25, 0.3) is 0 Å². The fraction of sp³-hybridized carbons (Fsp3) is 0.471. The lowest BCUT2D eigenvalue weighted by Gasteiger charge is -2.32. The predicted octanol–water partition coefficient (Wildman–Crippen LogP) is 2.89. The van der Waals surface area contributed by atoms with E-state index in [1.165, 1.54) is 10.4 Å². The van der Waals surface area contributed by atoms with Crippen LogP contribution in [-0.4, -0.2) is 34.2 Å². The molecule has 1 aliphatic rings. The molecule has 2 aromatic rings. The minimum atomic E-state index is 0.373. The van der Waals surface area contributed by atoms with Gasteiger partial charge in [-0.1, -0.05) is 0 Å². The molecule has 2 aromatic heterocycles. The number of aryl methyl sites for hydroxylation is 1. The Kier molecular flexibility index (Phi) is 4.60. The largest absolute Gasteiger partial charge is 0.366 e. The van der Waals surface area contributed by atoms with Gasteiger partial charge in [-0.25, -0.2) is 0 Å². The lowest BCUT2D eigenvalue weighted by atomic mass is 10.1. The van der Waals surface area contributed by atoms with Crippen molar-refractivity contribution in [3.8, 4) is 6.07 Å². The van der Waals surface area contributed by atoms with Gasteiger partial charge in [0.1, 0.15) is 11.6 Å². The Morgan fingerprint density at radius 1 is 1.43 bits per heavy atom. The van der Waals surface area contributed by atoms with E-state index in [4.69, 9.17) is 0 Å². The number of nitriles is 1. The van der Waals surface area contributed by atoms with Gasteiger partial charge in [0.05, 0.1) is 5.69 Å². The molecule has 0 aromatic carbocycles. The van der Waals surface area contributed by atoms with Gasteiger partial charge >= 0.3 is 0 Å². The zero-order valence-corrected chi connectivity index (χ0v) is 14.6. The number of hydrogen-bond donors (Lipinski definition) is 1. The quantitative estimate of drug-likeness (QED) is 0.935. The summed E-state index contributed by atoms with van der Waals surface area (Å²) in [5.74, 6) is 0.593. The molecule has 0 amide bonds. The Morgan fingerprint density at radius 3 is 3.04 bits per heavy atom. The van der Waals surface area contributed by atoms with Crippen LogP contribution in [0.4, 0.5) is 5.82 Å². The van der Waals surface area contributed by atoms with Crippen molar-refractivity contribution in [3.63, 3.8) is 0 Å². The first-order chi connectivity index (χ1) is 11.1. The summed E-state index contributed by atoms with van der Waals surface area (Å²) < 4.78 is 0. The fourth-order valence-corrected chi connectivity index (χ4v) is 3.78. The van der Waals surface area contributed by atoms with Crippen LogP contribution in [-0.2, 0) is 13.0 Å². The molecule has 6 heteroatoms. The molecule has 0 bridgehead atoms. The third kappa shape index (κ3) is 3.21. The molecule has 1 aliphatic heterocycles. The molecule has 0 saturated carbocycles. The normalized spacial score (nSPS) is 15.7. The Hall–Kier alpha value is -1.97. The van der Waals surface area contributed by atoms with Crippen molar-refractivity contribution in [2.24, 2.45) is 0 Å². The highest BCUT2D eigenvalue weighted by Crippen LogP contribution is 2.25. The maximum atomic E-state index is 9.36. The van der Waals surface area contributed by atoms with Crippen LogP contribution in [0.15, 0.2) is 11.4 Å². The Bertz CT molecular complexity index is 746. The molecular formula is C17H21N5S. The van der Waals surface area contributed by atoms with Crippen LogP contribution < -0.4 is 5.32 Å². The summed E-state index contributed by atoms with van der Waals surface area (Å²) in [6.07, 6.45) is 1.13. The van der Waals surface area contributed by atoms with Crippen molar-refractivity contribution in [2.45, 2.75) is 39.8 Å². The Labute approximate surface area is 141 Å². The molecule has 23 heavy (non-hydrogen) atoms. The summed E-state index contributed by atoms with van der Waals surface area (Å²) in [5.41, 5.74) is 3.76. The molecule has 0 radical (unpaired) electrons. The minimum Gasteiger partial charge on any atom is -0.366 e. The van der Waals surface area contributed by atoms with Gasteiger partial charge in [-0.05, 0) is 49.8 Å². The SMILES string of the molecule is Cc1nnc(NC[C@@H](C)N2CCc3sccc3C2)c(C#N)c1C. The topological polar surface area (TPSA) is 64.8 Å². The third-order valence-electron chi connectivity index (χ3n) is 4.59. The van der Waals surface area contributed by atoms with Crippen molar-refractivity contribution < 1.29 is 0 Å². The van der Waals surface area contributed by atoms with Gasteiger partial charge < -0.3 is 5.32 Å². The van der Waals surface area contributed by atoms with E-state index in [2.05, 4.69) is 44.9 Å². The maximum absolute atomic E-state index is 9.36. The van der Waals surface area contributed by atoms with E-state index in [1.807, 2.05) is 25.2 Å². The van der Waals surface area contributed by atoms with Gasteiger partial charge in [0.2, 0.25) is 0 Å². The molecule has 1 N–H and O–H groups in total. The zero-order valence-electron chi connectivity index (χ0n) is 13.8. The van der Waals surface area contributed by atoms with Crippen LogP contribution in [0.5, 0.6) is 0 Å². The first-order valence-corrected chi connectivity index (χ1v) is 8.75. The second-order valence-corrected chi connectivity index (χ2v) is 7.07. The van der Waals surface area contributed by atoms with Crippen LogP contribution in [0, 0.1) is 25.2 Å². The fourth-order valence-electron chi connectivity index (χ4n) is 2.89. The molecule has 5 nitrogen and oxygen atoms in total. The van der Waals surface area contributed by atoms with Crippen LogP contribution in [0.2, 0.25) is 0 Å². The smallest absolute Gasteiger partial charge is 0.166 e. The van der Waals surface area contributed by atoms with E-state index in [0.717, 1.165) is 37.3 Å². The van der Waals surface area contributed by atoms with Crippen molar-refractivity contribution in [1.29, 1.82) is 5.26 Å². The minimum absolute atomic E-state index is 0.373. The molecule has 1 atom stereocenters. The third-order valence-corrected chi connectivity index (χ3v) is 5.61. The molecule has 0 spiro atoms. The number of hydrogen-bond acceptors (Lipinski definition) is 6. The lowest BCUT2D eigenvalue weighted by molar-refractivity contribution is 0.200. The van der Waals surface area contributed by atoms with Crippen molar-refractivity contribution >= 4 is 17.2 Å². The molecule has 3 heterocycles. The first-order valence-electron chi connectivity index (χ1n) is 7.87. The van der Waals surface area contributed by atoms with Crippen LogP contribution in [0.1, 0.15) is 34.2 Å². The van der Waals surface area contributed by atoms with E-state index in [-0.39, 0.29) is 0 Å². The molecule has 0 aliphatic carbocycles. The summed E-state index contributed by atoms with van der Waals surface area (Å²) >= 11 is 1.86. The van der Waals surface area contributed by atoms with Gasteiger partial charge in [-0.3, -0.25) is 4.90 Å². The predicted molar refractivity (Wildman–Crippen MR) is 92.6 cm³/mol. The first kappa shape index (κ1) is 15.9. The van der Waals surface area contributed by atoms with E-state index in [9.17, 15) is 5.26 Å². The van der Waals surface area contributed by atoms with Gasteiger partial charge in [-0.2, -0.15) is 10.4 Å². The number of nitrogens with zero attached hydrogens (tertiary/aromatic N) is 4. The van der Waals surface area contributed by atoms with Crippen molar-refractivity contribution in [3.05, 3.63) is 38.7 Å². The maximum Gasteiger partial charge on any atom is 0.166 e. The monoisotopic (exact) mass is 327 g/mol. The number of aromatic nitrogens is 2. The highest BCUT2D eigenvalue weighted by molar-refractivity contribution is 7.10. The highest BCUT2D eigenvalue weighted by Gasteiger charge is 2.21. The standard InChI is InChI=1S/C17H21N5S/c1-11(22-6-4-16-14(10-22)5-7-23-16)9-19-17-15(8-18)12(2)13(3)20-21-17/h5,7,11H,4,6,9-10H2,1-3H3,(H,19,21)/t11-/m1/s1. The lowest BCUT2D eigenvalue weighted by Crippen LogP contribution is -2.41. The number of anilines is 1. The van der Waals surface area contributed by atoms with Gasteiger partial charge in [0.15, 0.2) is 5.82 Å². The van der Waals surface area contributed by atoms with E-state index in [1.54, 1.807) is 0 Å². The van der Waals surface area contributed by atoms with Crippen LogP contribution >= 0.6 is 11.3 Å². The molecular weight excluding hydrogens is 306 g/mol. The average molecular weight is 327 g/mol. The second kappa shape index (κ2) is 6.65. The average Bonchev–Trinajstić information content (AvgIpc) is 3.03. The van der Waals surface area contributed by atoms with E-state index >= 15 is 0 Å². The number of thiophene rings is 1. The van der Waals surface area contributed by atoms with E-state index in [0.29, 0.717) is 17.4 Å². The Balaban J connectivity index is 1.65. The number of nitrogens with one attached hydrogen (secondary N) is 1. The number of fused-ring (bicyclic) bond motifs is 1. The van der Waals surface area contributed by atoms with Crippen molar-refractivity contribution in [1.82, 2.24) is 15.1 Å². The van der Waals surface area contributed by atoms with Gasteiger partial charge in [-0.15, -0.1) is 16.4 Å². The Morgan fingerprint density at radius 2 is 2.26 bits per heavy atom. The second-order valence-electron chi connectivity index (χ2n) is 6.07. The molecule has 0 saturated heterocycles. The summed E-state index contributed by atoms with van der Waals surface area (Å²) in [6.45, 7) is 8.85. The van der Waals surface area contributed by atoms with E-state index < -0.39 is 0 Å². The summed E-state index contributed by atoms with van der Waals surface area (Å²) in [4.78, 5) is 4.00.